The van der Waals surface area contributed by atoms with Crippen molar-refractivity contribution >= 4 is 17.3 Å². The molecule has 2 aromatic heterocycles. The van der Waals surface area contributed by atoms with Crippen molar-refractivity contribution in [1.29, 1.82) is 0 Å². The molecule has 0 amide bonds. The van der Waals surface area contributed by atoms with Crippen molar-refractivity contribution in [2.45, 2.75) is 32.0 Å². The summed E-state index contributed by atoms with van der Waals surface area (Å²) in [7, 11) is 4.18. The fourth-order valence-corrected chi connectivity index (χ4v) is 3.67. The molecular weight excluding hydrogens is 415 g/mol. The van der Waals surface area contributed by atoms with Crippen LogP contribution in [0.5, 0.6) is 0 Å². The molecule has 0 saturated carbocycles. The van der Waals surface area contributed by atoms with Crippen molar-refractivity contribution in [2.75, 3.05) is 38.6 Å². The van der Waals surface area contributed by atoms with Crippen molar-refractivity contribution in [1.82, 2.24) is 19.7 Å². The van der Waals surface area contributed by atoms with Gasteiger partial charge in [-0.05, 0) is 45.8 Å². The maximum absolute atomic E-state index is 12.5. The van der Waals surface area contributed by atoms with Gasteiger partial charge in [-0.25, -0.2) is 4.98 Å². The van der Waals surface area contributed by atoms with Crippen LogP contribution in [0, 0.1) is 17.8 Å². The number of hydrogen-bond donors (Lipinski definition) is 0. The van der Waals surface area contributed by atoms with Gasteiger partial charge in [0.05, 0.1) is 23.0 Å². The average molecular weight is 440 g/mol. The first-order valence-corrected chi connectivity index (χ1v) is 10.2. The Labute approximate surface area is 179 Å². The molecule has 30 heavy (non-hydrogen) atoms. The minimum absolute atomic E-state index is 0.392. The van der Waals surface area contributed by atoms with Gasteiger partial charge >= 0.3 is 6.18 Å². The number of halogens is 4. The molecule has 0 spiro atoms. The maximum Gasteiger partial charge on any atom is 0.408 e. The molecule has 0 N–H and O–H groups in total. The van der Waals surface area contributed by atoms with E-state index in [2.05, 4.69) is 45.8 Å². The summed E-state index contributed by atoms with van der Waals surface area (Å²) in [6, 6.07) is 1.80. The smallest absolute Gasteiger partial charge is 0.370 e. The van der Waals surface area contributed by atoms with Crippen LogP contribution in [0.1, 0.15) is 30.4 Å². The Morgan fingerprint density at radius 2 is 1.93 bits per heavy atom. The van der Waals surface area contributed by atoms with E-state index >= 15 is 0 Å². The van der Waals surface area contributed by atoms with Crippen molar-refractivity contribution in [2.24, 2.45) is 5.92 Å². The quantitative estimate of drug-likeness (QED) is 0.520. The van der Waals surface area contributed by atoms with E-state index in [0.717, 1.165) is 42.8 Å². The van der Waals surface area contributed by atoms with E-state index in [-0.39, 0.29) is 0 Å². The van der Waals surface area contributed by atoms with Gasteiger partial charge in [-0.15, -0.1) is 0 Å². The predicted octanol–water partition coefficient (Wildman–Crippen LogP) is 4.06. The van der Waals surface area contributed by atoms with Crippen molar-refractivity contribution in [3.63, 3.8) is 0 Å². The van der Waals surface area contributed by atoms with Crippen LogP contribution in [-0.2, 0) is 6.54 Å². The summed E-state index contributed by atoms with van der Waals surface area (Å²) in [6.45, 7) is 1.78. The van der Waals surface area contributed by atoms with Crippen LogP contribution in [0.2, 0.25) is 5.15 Å². The Kier molecular flexibility index (Phi) is 7.27. The van der Waals surface area contributed by atoms with Gasteiger partial charge in [0.1, 0.15) is 11.7 Å². The minimum atomic E-state index is -4.32. The first-order valence-electron chi connectivity index (χ1n) is 9.86. The van der Waals surface area contributed by atoms with Gasteiger partial charge < -0.3 is 9.80 Å². The second-order valence-corrected chi connectivity index (χ2v) is 8.23. The van der Waals surface area contributed by atoms with Gasteiger partial charge in [0, 0.05) is 31.5 Å². The third kappa shape index (κ3) is 6.64. The van der Waals surface area contributed by atoms with Crippen molar-refractivity contribution in [3.8, 4) is 11.8 Å². The number of pyridine rings is 1. The third-order valence-corrected chi connectivity index (χ3v) is 5.31. The maximum atomic E-state index is 12.5. The van der Waals surface area contributed by atoms with Crippen LogP contribution in [-0.4, -0.2) is 59.6 Å². The Morgan fingerprint density at radius 1 is 1.20 bits per heavy atom. The summed E-state index contributed by atoms with van der Waals surface area (Å²) in [5.74, 6) is 6.62. The predicted molar refractivity (Wildman–Crippen MR) is 112 cm³/mol. The first-order chi connectivity index (χ1) is 14.2. The fraction of sp³-hybridized carbons (Fsp3) is 0.524. The highest BCUT2D eigenvalue weighted by Gasteiger charge is 2.28. The lowest BCUT2D eigenvalue weighted by atomic mass is 9.93. The first kappa shape index (κ1) is 22.4. The normalized spacial score (nSPS) is 15.4. The summed E-state index contributed by atoms with van der Waals surface area (Å²) in [4.78, 5) is 8.59. The largest absolute Gasteiger partial charge is 0.408 e. The van der Waals surface area contributed by atoms with Gasteiger partial charge in [-0.3, -0.25) is 4.68 Å². The molecule has 1 fully saturated rings. The van der Waals surface area contributed by atoms with E-state index in [1.807, 2.05) is 0 Å². The van der Waals surface area contributed by atoms with Gasteiger partial charge in [-0.1, -0.05) is 23.4 Å². The summed E-state index contributed by atoms with van der Waals surface area (Å²) in [5, 5.41) is 4.11. The number of anilines is 1. The lowest BCUT2D eigenvalue weighted by molar-refractivity contribution is -0.142. The van der Waals surface area contributed by atoms with E-state index < -0.39 is 12.7 Å². The summed E-state index contributed by atoms with van der Waals surface area (Å²) >= 11 is 6.12. The molecule has 162 valence electrons. The lowest BCUT2D eigenvalue weighted by Crippen LogP contribution is -2.35. The van der Waals surface area contributed by atoms with Crippen LogP contribution in [0.25, 0.3) is 0 Å². The molecule has 0 radical (unpaired) electrons. The Balaban J connectivity index is 1.71. The fourth-order valence-electron chi connectivity index (χ4n) is 3.52. The van der Waals surface area contributed by atoms with Crippen molar-refractivity contribution in [3.05, 3.63) is 40.9 Å². The number of nitrogens with zero attached hydrogens (tertiary/aromatic N) is 5. The second kappa shape index (κ2) is 9.71. The number of rotatable bonds is 5. The SMILES string of the molecule is CN(C)CCC1CCN(c2cc(Cl)ncc2C#Cc2cnn(CC(F)(F)F)c2)CC1. The zero-order valence-electron chi connectivity index (χ0n) is 17.1. The summed E-state index contributed by atoms with van der Waals surface area (Å²) in [6.07, 6.45) is 3.31. The molecule has 0 aliphatic carbocycles. The number of hydrogen-bond acceptors (Lipinski definition) is 4. The van der Waals surface area contributed by atoms with E-state index in [9.17, 15) is 13.2 Å². The molecule has 1 aliphatic rings. The minimum Gasteiger partial charge on any atom is -0.370 e. The standard InChI is InChI=1S/C21H25ClF3N5/c1-28(2)8-5-16-6-9-29(10-7-16)19-11-20(22)26-13-18(19)4-3-17-12-27-30(14-17)15-21(23,24)25/h11-14,16H,5-10,15H2,1-2H3. The highest BCUT2D eigenvalue weighted by Crippen LogP contribution is 2.29. The molecule has 0 unspecified atom stereocenters. The van der Waals surface area contributed by atoms with Crippen molar-refractivity contribution < 1.29 is 13.2 Å². The molecule has 0 aromatic carbocycles. The number of aromatic nitrogens is 3. The molecule has 2 aromatic rings. The lowest BCUT2D eigenvalue weighted by Gasteiger charge is -2.34. The molecule has 9 heteroatoms. The van der Waals surface area contributed by atoms with Crippen LogP contribution < -0.4 is 4.90 Å². The molecule has 1 saturated heterocycles. The van der Waals surface area contributed by atoms with Gasteiger partial charge in [-0.2, -0.15) is 18.3 Å². The molecule has 3 heterocycles. The van der Waals surface area contributed by atoms with E-state index in [1.165, 1.54) is 18.8 Å². The molecule has 3 rings (SSSR count). The van der Waals surface area contributed by atoms with Crippen LogP contribution >= 0.6 is 11.6 Å². The zero-order chi connectivity index (χ0) is 21.7. The molecule has 0 atom stereocenters. The topological polar surface area (TPSA) is 37.2 Å². The Hall–Kier alpha value is -2.24. The summed E-state index contributed by atoms with van der Waals surface area (Å²) < 4.78 is 38.3. The molecule has 1 aliphatic heterocycles. The summed E-state index contributed by atoms with van der Waals surface area (Å²) in [5.41, 5.74) is 2.04. The third-order valence-electron chi connectivity index (χ3n) is 5.10. The Morgan fingerprint density at radius 3 is 2.60 bits per heavy atom. The Bertz CT molecular complexity index is 905. The zero-order valence-corrected chi connectivity index (χ0v) is 17.8. The van der Waals surface area contributed by atoms with E-state index in [1.54, 1.807) is 12.3 Å². The van der Waals surface area contributed by atoms with Gasteiger partial charge in [0.25, 0.3) is 0 Å². The van der Waals surface area contributed by atoms with Gasteiger partial charge in [0.15, 0.2) is 0 Å². The molecule has 0 bridgehead atoms. The van der Waals surface area contributed by atoms with Crippen LogP contribution in [0.15, 0.2) is 24.7 Å². The highest BCUT2D eigenvalue weighted by atomic mass is 35.5. The average Bonchev–Trinajstić information content (AvgIpc) is 3.11. The van der Waals surface area contributed by atoms with Gasteiger partial charge in [0.2, 0.25) is 0 Å². The molecular formula is C21H25ClF3N5. The van der Waals surface area contributed by atoms with Crippen LogP contribution in [0.4, 0.5) is 18.9 Å². The monoisotopic (exact) mass is 439 g/mol. The second-order valence-electron chi connectivity index (χ2n) is 7.84. The number of piperidine rings is 1. The molecule has 5 nitrogen and oxygen atoms in total. The van der Waals surface area contributed by atoms with Crippen LogP contribution in [0.3, 0.4) is 0 Å². The highest BCUT2D eigenvalue weighted by molar-refractivity contribution is 6.29. The number of alkyl halides is 3. The van der Waals surface area contributed by atoms with E-state index in [0.29, 0.717) is 22.2 Å². The van der Waals surface area contributed by atoms with E-state index in [4.69, 9.17) is 11.6 Å².